The van der Waals surface area contributed by atoms with Gasteiger partial charge in [-0.05, 0) is 19.1 Å². The lowest BCUT2D eigenvalue weighted by Crippen LogP contribution is -2.25. The van der Waals surface area contributed by atoms with Gasteiger partial charge in [-0.1, -0.05) is 5.92 Å². The molecule has 0 saturated carbocycles. The van der Waals surface area contributed by atoms with Gasteiger partial charge in [0, 0.05) is 5.56 Å². The van der Waals surface area contributed by atoms with Crippen LogP contribution in [0.2, 0.25) is 0 Å². The second-order valence-corrected chi connectivity index (χ2v) is 1.97. The van der Waals surface area contributed by atoms with Gasteiger partial charge in [0.25, 0.3) is 0 Å². The maximum atomic E-state index is 8.44. The fourth-order valence-corrected chi connectivity index (χ4v) is 0.721. The van der Waals surface area contributed by atoms with Gasteiger partial charge in [-0.2, -0.15) is 0 Å². The van der Waals surface area contributed by atoms with Gasteiger partial charge in [0.2, 0.25) is 0 Å². The van der Waals surface area contributed by atoms with Crippen LogP contribution < -0.4 is 4.57 Å². The Morgan fingerprint density at radius 2 is 2.00 bits per heavy atom. The average molecular weight is 143 g/mol. The van der Waals surface area contributed by atoms with E-state index in [2.05, 4.69) is 11.8 Å². The van der Waals surface area contributed by atoms with Crippen LogP contribution in [0.5, 0.6) is 0 Å². The number of hydrogen-bond acceptors (Lipinski definition) is 1. The van der Waals surface area contributed by atoms with Gasteiger partial charge >= 0.3 is 6.19 Å². The minimum absolute atomic E-state index is 0.930. The standard InChI is InChI=1S/C9H7N2/c1-2-3-9-4-6-11(8-10)7-5-9/h4-7H,1H3/q+1. The van der Waals surface area contributed by atoms with E-state index < -0.39 is 0 Å². The molecule has 1 aromatic heterocycles. The highest BCUT2D eigenvalue weighted by atomic mass is 14.9. The van der Waals surface area contributed by atoms with E-state index in [9.17, 15) is 0 Å². The van der Waals surface area contributed by atoms with Crippen LogP contribution in [0.15, 0.2) is 24.5 Å². The maximum absolute atomic E-state index is 8.44. The summed E-state index contributed by atoms with van der Waals surface area (Å²) in [6.07, 6.45) is 5.33. The van der Waals surface area contributed by atoms with Crippen molar-refractivity contribution in [3.05, 3.63) is 30.1 Å². The highest BCUT2D eigenvalue weighted by molar-refractivity contribution is 5.30. The molecule has 0 fully saturated rings. The summed E-state index contributed by atoms with van der Waals surface area (Å²) in [5, 5.41) is 8.44. The normalized spacial score (nSPS) is 7.64. The van der Waals surface area contributed by atoms with Crippen LogP contribution in [0.4, 0.5) is 0 Å². The smallest absolute Gasteiger partial charge is 0.149 e. The molecule has 52 valence electrons. The second kappa shape index (κ2) is 3.39. The molecule has 0 N–H and O–H groups in total. The quantitative estimate of drug-likeness (QED) is 0.387. The monoisotopic (exact) mass is 143 g/mol. The average Bonchev–Trinajstić information content (AvgIpc) is 2.07. The van der Waals surface area contributed by atoms with Crippen LogP contribution >= 0.6 is 0 Å². The molecular weight excluding hydrogens is 136 g/mol. The third-order valence-corrected chi connectivity index (χ3v) is 1.21. The van der Waals surface area contributed by atoms with Crippen molar-refractivity contribution in [1.82, 2.24) is 0 Å². The van der Waals surface area contributed by atoms with Crippen LogP contribution in [0.1, 0.15) is 12.5 Å². The van der Waals surface area contributed by atoms with Gasteiger partial charge in [0.15, 0.2) is 5.26 Å². The zero-order chi connectivity index (χ0) is 8.10. The Hall–Kier alpha value is -1.80. The SMILES string of the molecule is CC#Cc1cc[n+](C#N)cc1. The Morgan fingerprint density at radius 1 is 1.36 bits per heavy atom. The first-order valence-corrected chi connectivity index (χ1v) is 3.21. The van der Waals surface area contributed by atoms with Gasteiger partial charge in [-0.25, -0.2) is 0 Å². The van der Waals surface area contributed by atoms with E-state index in [0.29, 0.717) is 0 Å². The van der Waals surface area contributed by atoms with E-state index in [1.807, 2.05) is 6.19 Å². The number of pyridine rings is 1. The molecule has 0 radical (unpaired) electrons. The lowest BCUT2D eigenvalue weighted by Gasteiger charge is -1.85. The Bertz CT molecular complexity index is 333. The molecule has 0 aliphatic carbocycles. The Labute approximate surface area is 65.7 Å². The molecule has 0 aliphatic heterocycles. The Kier molecular flexibility index (Phi) is 2.25. The summed E-state index contributed by atoms with van der Waals surface area (Å²) in [6, 6.07) is 3.61. The summed E-state index contributed by atoms with van der Waals surface area (Å²) in [5.41, 5.74) is 0.930. The summed E-state index contributed by atoms with van der Waals surface area (Å²) in [4.78, 5) is 0. The van der Waals surface area contributed by atoms with Gasteiger partial charge in [-0.15, -0.1) is 10.5 Å². The molecule has 0 unspecified atom stereocenters. The van der Waals surface area contributed by atoms with E-state index in [0.717, 1.165) is 5.56 Å². The first kappa shape index (κ1) is 7.31. The van der Waals surface area contributed by atoms with E-state index in [-0.39, 0.29) is 0 Å². The fraction of sp³-hybridized carbons (Fsp3) is 0.111. The molecule has 0 aromatic carbocycles. The van der Waals surface area contributed by atoms with Crippen molar-refractivity contribution in [3.8, 4) is 18.0 Å². The van der Waals surface area contributed by atoms with E-state index in [1.165, 1.54) is 4.57 Å². The molecule has 2 heteroatoms. The largest absolute Gasteiger partial charge is 0.463 e. The lowest BCUT2D eigenvalue weighted by molar-refractivity contribution is -0.586. The molecule has 0 aliphatic rings. The number of hydrogen-bond donors (Lipinski definition) is 0. The molecule has 0 spiro atoms. The van der Waals surface area contributed by atoms with Crippen molar-refractivity contribution >= 4 is 0 Å². The van der Waals surface area contributed by atoms with Crippen LogP contribution in [0.3, 0.4) is 0 Å². The second-order valence-electron chi connectivity index (χ2n) is 1.97. The summed E-state index contributed by atoms with van der Waals surface area (Å²) >= 11 is 0. The van der Waals surface area contributed by atoms with Gasteiger partial charge in [0.1, 0.15) is 12.4 Å². The highest BCUT2D eigenvalue weighted by Crippen LogP contribution is 1.89. The summed E-state index contributed by atoms with van der Waals surface area (Å²) in [6.45, 7) is 1.78. The third kappa shape index (κ3) is 1.81. The highest BCUT2D eigenvalue weighted by Gasteiger charge is 1.91. The van der Waals surface area contributed by atoms with E-state index in [4.69, 9.17) is 5.26 Å². The molecule has 0 bridgehead atoms. The predicted octanol–water partition coefficient (Wildman–Crippen LogP) is 0.675. The van der Waals surface area contributed by atoms with Crippen LogP contribution in [0.25, 0.3) is 0 Å². The Balaban J connectivity index is 3.00. The predicted molar refractivity (Wildman–Crippen MR) is 40.2 cm³/mol. The molecule has 1 heterocycles. The third-order valence-electron chi connectivity index (χ3n) is 1.21. The molecule has 1 aromatic rings. The van der Waals surface area contributed by atoms with Crippen molar-refractivity contribution in [2.24, 2.45) is 0 Å². The molecule has 0 saturated heterocycles. The maximum Gasteiger partial charge on any atom is 0.463 e. The number of rotatable bonds is 0. The Morgan fingerprint density at radius 3 is 2.45 bits per heavy atom. The first-order chi connectivity index (χ1) is 5.36. The van der Waals surface area contributed by atoms with Crippen molar-refractivity contribution in [3.63, 3.8) is 0 Å². The van der Waals surface area contributed by atoms with E-state index >= 15 is 0 Å². The number of aromatic nitrogens is 1. The zero-order valence-electron chi connectivity index (χ0n) is 6.20. The lowest BCUT2D eigenvalue weighted by atomic mass is 10.3. The number of nitriles is 1. The summed E-state index contributed by atoms with van der Waals surface area (Å²) < 4.78 is 1.42. The minimum atomic E-state index is 0.930. The van der Waals surface area contributed by atoms with Gasteiger partial charge in [0.05, 0.1) is 0 Å². The molecule has 2 nitrogen and oxygen atoms in total. The van der Waals surface area contributed by atoms with Gasteiger partial charge < -0.3 is 0 Å². The molecule has 1 rings (SSSR count). The van der Waals surface area contributed by atoms with Crippen molar-refractivity contribution < 1.29 is 4.57 Å². The minimum Gasteiger partial charge on any atom is -0.149 e. The first-order valence-electron chi connectivity index (χ1n) is 3.21. The molecule has 11 heavy (non-hydrogen) atoms. The van der Waals surface area contributed by atoms with Crippen molar-refractivity contribution in [2.45, 2.75) is 6.92 Å². The fourth-order valence-electron chi connectivity index (χ4n) is 0.721. The van der Waals surface area contributed by atoms with Gasteiger partial charge in [-0.3, -0.25) is 0 Å². The topological polar surface area (TPSA) is 27.7 Å². The summed E-state index contributed by atoms with van der Waals surface area (Å²) in [5.74, 6) is 5.67. The molecule has 0 atom stereocenters. The number of nitrogens with zero attached hydrogens (tertiary/aromatic N) is 2. The van der Waals surface area contributed by atoms with Crippen LogP contribution in [0, 0.1) is 23.3 Å². The van der Waals surface area contributed by atoms with Crippen molar-refractivity contribution in [1.29, 1.82) is 5.26 Å². The van der Waals surface area contributed by atoms with E-state index in [1.54, 1.807) is 31.5 Å². The van der Waals surface area contributed by atoms with Crippen molar-refractivity contribution in [2.75, 3.05) is 0 Å². The summed E-state index contributed by atoms with van der Waals surface area (Å²) in [7, 11) is 0. The zero-order valence-corrected chi connectivity index (χ0v) is 6.20. The molecule has 0 amide bonds. The van der Waals surface area contributed by atoms with Crippen LogP contribution in [-0.4, -0.2) is 0 Å². The van der Waals surface area contributed by atoms with Crippen LogP contribution in [-0.2, 0) is 0 Å². The molecular formula is C9H7N2+.